The van der Waals surface area contributed by atoms with Gasteiger partial charge in [-0.3, -0.25) is 4.79 Å². The molecule has 0 atom stereocenters. The molecule has 0 aliphatic heterocycles. The maximum atomic E-state index is 11.0. The molecule has 0 aliphatic rings. The number of nitrogens with two attached hydrogens (primary N) is 3. The van der Waals surface area contributed by atoms with Gasteiger partial charge in [0.2, 0.25) is 10.0 Å². The molecule has 1 aromatic rings. The molecule has 0 saturated carbocycles. The second-order valence-corrected chi connectivity index (χ2v) is 4.68. The Hall–Kier alpha value is -1.31. The van der Waals surface area contributed by atoms with Crippen LogP contribution in [0.5, 0.6) is 0 Å². The molecule has 1 rings (SSSR count). The Balaban J connectivity index is 3.64. The average Bonchev–Trinajstić information content (AvgIpc) is 2.00. The molecule has 8 heteroatoms. The van der Waals surface area contributed by atoms with Gasteiger partial charge < -0.3 is 11.5 Å². The molecule has 0 aromatic heterocycles. The van der Waals surface area contributed by atoms with Gasteiger partial charge in [0.05, 0.1) is 16.3 Å². The summed E-state index contributed by atoms with van der Waals surface area (Å²) in [5.74, 6) is -0.914. The van der Waals surface area contributed by atoms with Crippen molar-refractivity contribution in [2.45, 2.75) is 4.90 Å². The molecule has 6 nitrogen and oxygen atoms in total. The Kier molecular flexibility index (Phi) is 2.89. The van der Waals surface area contributed by atoms with E-state index in [1.807, 2.05) is 0 Å². The quantitative estimate of drug-likeness (QED) is 0.620. The fourth-order valence-corrected chi connectivity index (χ4v) is 2.00. The molecule has 0 heterocycles. The summed E-state index contributed by atoms with van der Waals surface area (Å²) in [4.78, 5) is 10.6. The molecule has 1 amide bonds. The maximum Gasteiger partial charge on any atom is 0.252 e. The topological polar surface area (TPSA) is 129 Å². The molecule has 0 aliphatic carbocycles. The van der Waals surface area contributed by atoms with Gasteiger partial charge in [0.25, 0.3) is 5.91 Å². The van der Waals surface area contributed by atoms with Gasteiger partial charge in [-0.15, -0.1) is 0 Å². The fraction of sp³-hybridized carbons (Fsp3) is 0. The number of nitrogen functional groups attached to an aromatic ring is 1. The monoisotopic (exact) mass is 249 g/mol. The minimum atomic E-state index is -4.00. The number of hydrogen-bond donors (Lipinski definition) is 3. The third kappa shape index (κ3) is 2.20. The number of rotatable bonds is 2. The van der Waals surface area contributed by atoms with Crippen LogP contribution in [0.1, 0.15) is 10.4 Å². The lowest BCUT2D eigenvalue weighted by molar-refractivity contribution is 0.100. The van der Waals surface area contributed by atoms with Crippen molar-refractivity contribution >= 4 is 33.2 Å². The minimum Gasteiger partial charge on any atom is -0.397 e. The number of anilines is 1. The first-order valence-electron chi connectivity index (χ1n) is 3.65. The van der Waals surface area contributed by atoms with Crippen LogP contribution in [0.25, 0.3) is 0 Å². The smallest absolute Gasteiger partial charge is 0.252 e. The van der Waals surface area contributed by atoms with Crippen molar-refractivity contribution in [2.75, 3.05) is 5.73 Å². The largest absolute Gasteiger partial charge is 0.397 e. The van der Waals surface area contributed by atoms with Gasteiger partial charge in [-0.25, -0.2) is 13.6 Å². The van der Waals surface area contributed by atoms with Crippen molar-refractivity contribution in [1.82, 2.24) is 0 Å². The number of amides is 1. The van der Waals surface area contributed by atoms with Crippen molar-refractivity contribution in [3.8, 4) is 0 Å². The van der Waals surface area contributed by atoms with Gasteiger partial charge >= 0.3 is 0 Å². The average molecular weight is 250 g/mol. The number of halogens is 1. The molecule has 15 heavy (non-hydrogen) atoms. The molecule has 1 aromatic carbocycles. The Labute approximate surface area is 91.0 Å². The Bertz CT molecular complexity index is 527. The second kappa shape index (κ2) is 3.69. The van der Waals surface area contributed by atoms with Crippen molar-refractivity contribution in [3.63, 3.8) is 0 Å². The number of carbonyl (C=O) groups is 1. The van der Waals surface area contributed by atoms with Crippen LogP contribution in [-0.2, 0) is 10.0 Å². The Morgan fingerprint density at radius 3 is 2.27 bits per heavy atom. The van der Waals surface area contributed by atoms with Gasteiger partial charge in [-0.2, -0.15) is 0 Å². The van der Waals surface area contributed by atoms with E-state index in [4.69, 9.17) is 28.2 Å². The zero-order valence-corrected chi connectivity index (χ0v) is 8.97. The predicted octanol–water partition coefficient (Wildman–Crippen LogP) is -0.332. The highest BCUT2D eigenvalue weighted by atomic mass is 35.5. The summed E-state index contributed by atoms with van der Waals surface area (Å²) >= 11 is 5.63. The Morgan fingerprint density at radius 2 is 1.87 bits per heavy atom. The Morgan fingerprint density at radius 1 is 1.33 bits per heavy atom. The second-order valence-electron chi connectivity index (χ2n) is 2.74. The normalized spacial score (nSPS) is 11.3. The van der Waals surface area contributed by atoms with Gasteiger partial charge in [0, 0.05) is 0 Å². The zero-order valence-electron chi connectivity index (χ0n) is 7.40. The van der Waals surface area contributed by atoms with Gasteiger partial charge in [-0.05, 0) is 12.1 Å². The number of carbonyl (C=O) groups excluding carboxylic acids is 1. The highest BCUT2D eigenvalue weighted by Gasteiger charge is 2.20. The third-order valence-corrected chi connectivity index (χ3v) is 2.99. The molecule has 0 fully saturated rings. The number of primary sulfonamides is 1. The molecule has 0 radical (unpaired) electrons. The van der Waals surface area contributed by atoms with Gasteiger partial charge in [0.15, 0.2) is 0 Å². The van der Waals surface area contributed by atoms with Crippen LogP contribution in [0, 0.1) is 0 Å². The van der Waals surface area contributed by atoms with Gasteiger partial charge in [-0.1, -0.05) is 11.6 Å². The molecule has 82 valence electrons. The molecule has 6 N–H and O–H groups in total. The van der Waals surface area contributed by atoms with E-state index in [0.717, 1.165) is 6.07 Å². The van der Waals surface area contributed by atoms with E-state index in [2.05, 4.69) is 0 Å². The minimum absolute atomic E-state index is 0.0209. The van der Waals surface area contributed by atoms with Crippen LogP contribution in [0.3, 0.4) is 0 Å². The molecule has 0 bridgehead atoms. The van der Waals surface area contributed by atoms with Crippen LogP contribution >= 0.6 is 11.6 Å². The molecule has 0 saturated heterocycles. The van der Waals surface area contributed by atoms with E-state index in [0.29, 0.717) is 0 Å². The summed E-state index contributed by atoms with van der Waals surface area (Å²) in [6.45, 7) is 0. The summed E-state index contributed by atoms with van der Waals surface area (Å²) in [5.41, 5.74) is 9.83. The van der Waals surface area contributed by atoms with Crippen molar-refractivity contribution < 1.29 is 13.2 Å². The lowest BCUT2D eigenvalue weighted by atomic mass is 10.2. The standard InChI is InChI=1S/C7H8ClN3O3S/c8-3-1-2-4(15(11,13)14)6(9)5(3)7(10)12/h1-2H,9H2,(H2,10,12)(H2,11,13,14). The van der Waals surface area contributed by atoms with E-state index in [-0.39, 0.29) is 21.2 Å². The van der Waals surface area contributed by atoms with E-state index in [1.165, 1.54) is 6.07 Å². The van der Waals surface area contributed by atoms with E-state index in [1.54, 1.807) is 0 Å². The van der Waals surface area contributed by atoms with E-state index in [9.17, 15) is 13.2 Å². The summed E-state index contributed by atoms with van der Waals surface area (Å²) < 4.78 is 22.1. The van der Waals surface area contributed by atoms with Crippen LogP contribution in [-0.4, -0.2) is 14.3 Å². The van der Waals surface area contributed by atoms with Crippen molar-refractivity contribution in [2.24, 2.45) is 10.9 Å². The molecule has 0 spiro atoms. The van der Waals surface area contributed by atoms with Crippen LogP contribution in [0.2, 0.25) is 5.02 Å². The van der Waals surface area contributed by atoms with Crippen LogP contribution in [0.15, 0.2) is 17.0 Å². The number of primary amides is 1. The third-order valence-electron chi connectivity index (χ3n) is 1.71. The van der Waals surface area contributed by atoms with E-state index < -0.39 is 15.9 Å². The summed E-state index contributed by atoms with van der Waals surface area (Å²) in [6, 6.07) is 2.30. The molecular weight excluding hydrogens is 242 g/mol. The first kappa shape index (κ1) is 11.8. The van der Waals surface area contributed by atoms with E-state index >= 15 is 0 Å². The SMILES string of the molecule is NC(=O)c1c(Cl)ccc(S(N)(=O)=O)c1N. The summed E-state index contributed by atoms with van der Waals surface area (Å²) in [5, 5.41) is 4.85. The van der Waals surface area contributed by atoms with Crippen LogP contribution < -0.4 is 16.6 Å². The highest BCUT2D eigenvalue weighted by molar-refractivity contribution is 7.89. The molecular formula is C7H8ClN3O3S. The number of benzene rings is 1. The number of hydrogen-bond acceptors (Lipinski definition) is 4. The summed E-state index contributed by atoms with van der Waals surface area (Å²) in [6.07, 6.45) is 0. The zero-order chi connectivity index (χ0) is 11.8. The number of sulfonamides is 1. The maximum absolute atomic E-state index is 11.0. The van der Waals surface area contributed by atoms with Crippen molar-refractivity contribution in [3.05, 3.63) is 22.7 Å². The lowest BCUT2D eigenvalue weighted by Crippen LogP contribution is -2.19. The first-order chi connectivity index (χ1) is 6.75. The summed E-state index contributed by atoms with van der Waals surface area (Å²) in [7, 11) is -4.00. The fourth-order valence-electron chi connectivity index (χ4n) is 1.07. The first-order valence-corrected chi connectivity index (χ1v) is 5.58. The van der Waals surface area contributed by atoms with Crippen molar-refractivity contribution in [1.29, 1.82) is 0 Å². The van der Waals surface area contributed by atoms with Crippen LogP contribution in [0.4, 0.5) is 5.69 Å². The highest BCUT2D eigenvalue weighted by Crippen LogP contribution is 2.27. The molecule has 0 unspecified atom stereocenters. The van der Waals surface area contributed by atoms with Gasteiger partial charge in [0.1, 0.15) is 4.90 Å². The predicted molar refractivity (Wildman–Crippen MR) is 55.8 cm³/mol. The lowest BCUT2D eigenvalue weighted by Gasteiger charge is -2.08.